The van der Waals surface area contributed by atoms with Crippen LogP contribution in [0, 0.1) is 11.6 Å². The molecule has 3 aromatic carbocycles. The van der Waals surface area contributed by atoms with Gasteiger partial charge < -0.3 is 19.1 Å². The van der Waals surface area contributed by atoms with E-state index in [0.29, 0.717) is 28.4 Å². The number of carbonyl (C=O) groups is 1. The highest BCUT2D eigenvalue weighted by Crippen LogP contribution is 2.36. The highest BCUT2D eigenvalue weighted by Gasteiger charge is 2.28. The number of ether oxygens (including phenoxy) is 3. The van der Waals surface area contributed by atoms with E-state index in [1.165, 1.54) is 0 Å². The fraction of sp³-hybridized carbons (Fsp3) is 0.222. The lowest BCUT2D eigenvalue weighted by Crippen LogP contribution is -2.21. The zero-order valence-corrected chi connectivity index (χ0v) is 19.2. The molecule has 0 aliphatic carbocycles. The number of allylic oxidation sites excluding steroid dienone is 1. The molecule has 0 aromatic heterocycles. The van der Waals surface area contributed by atoms with Crippen LogP contribution in [0.5, 0.6) is 17.2 Å². The number of benzene rings is 3. The lowest BCUT2D eigenvalue weighted by atomic mass is 10.1. The Hall–Kier alpha value is -3.87. The Labute approximate surface area is 197 Å². The Morgan fingerprint density at radius 2 is 1.79 bits per heavy atom. The fourth-order valence-corrected chi connectivity index (χ4v) is 3.82. The largest absolute Gasteiger partial charge is 0.496 e. The molecule has 4 rings (SSSR count). The maximum absolute atomic E-state index is 13.8. The van der Waals surface area contributed by atoms with Gasteiger partial charge in [-0.05, 0) is 62.4 Å². The van der Waals surface area contributed by atoms with Gasteiger partial charge in [0.1, 0.15) is 35.5 Å². The molecule has 1 aliphatic rings. The van der Waals surface area contributed by atoms with E-state index in [-0.39, 0.29) is 23.7 Å². The summed E-state index contributed by atoms with van der Waals surface area (Å²) in [5.74, 6) is 0.151. The number of anilines is 1. The van der Waals surface area contributed by atoms with Crippen molar-refractivity contribution in [2.45, 2.75) is 20.5 Å². The van der Waals surface area contributed by atoms with E-state index in [0.717, 1.165) is 37.0 Å². The molecule has 0 spiro atoms. The smallest absolute Gasteiger partial charge is 0.231 e. The van der Waals surface area contributed by atoms with Crippen molar-refractivity contribution in [3.63, 3.8) is 0 Å². The van der Waals surface area contributed by atoms with Crippen LogP contribution in [0.1, 0.15) is 35.3 Å². The molecule has 0 saturated heterocycles. The van der Waals surface area contributed by atoms with Crippen molar-refractivity contribution in [2.75, 3.05) is 25.1 Å². The van der Waals surface area contributed by atoms with Gasteiger partial charge in [0.2, 0.25) is 5.78 Å². The van der Waals surface area contributed by atoms with Crippen molar-refractivity contribution in [3.05, 3.63) is 88.7 Å². The van der Waals surface area contributed by atoms with Gasteiger partial charge in [0.15, 0.2) is 5.76 Å². The molecule has 34 heavy (non-hydrogen) atoms. The molecule has 0 unspecified atom stereocenters. The highest BCUT2D eigenvalue weighted by atomic mass is 19.1. The Morgan fingerprint density at radius 3 is 2.53 bits per heavy atom. The van der Waals surface area contributed by atoms with E-state index < -0.39 is 11.6 Å². The molecule has 0 bridgehead atoms. The summed E-state index contributed by atoms with van der Waals surface area (Å²) in [6.07, 6.45) is 1.65. The van der Waals surface area contributed by atoms with Crippen LogP contribution in [0.3, 0.4) is 0 Å². The van der Waals surface area contributed by atoms with Gasteiger partial charge in [-0.3, -0.25) is 4.79 Å². The Morgan fingerprint density at radius 1 is 1.00 bits per heavy atom. The van der Waals surface area contributed by atoms with Crippen molar-refractivity contribution < 1.29 is 27.8 Å². The SMILES string of the molecule is CCN(CC)c1ccc(/C=C2\Oc3cc(OCc4cc(F)ccc4F)ccc3C2=O)c(OC)c1. The first-order valence-electron chi connectivity index (χ1n) is 11.0. The molecule has 0 saturated carbocycles. The van der Waals surface area contributed by atoms with Gasteiger partial charge in [-0.15, -0.1) is 0 Å². The van der Waals surface area contributed by atoms with Crippen LogP contribution >= 0.6 is 0 Å². The maximum atomic E-state index is 13.8. The number of rotatable bonds is 8. The topological polar surface area (TPSA) is 48.0 Å². The Bertz CT molecular complexity index is 1250. The predicted molar refractivity (Wildman–Crippen MR) is 127 cm³/mol. The van der Waals surface area contributed by atoms with E-state index in [2.05, 4.69) is 18.7 Å². The number of Topliss-reactive ketones (excluding diaryl/α,β-unsaturated/α-hetero) is 1. The maximum Gasteiger partial charge on any atom is 0.231 e. The van der Waals surface area contributed by atoms with Crippen LogP contribution in [-0.2, 0) is 6.61 Å². The number of fused-ring (bicyclic) bond motifs is 1. The minimum Gasteiger partial charge on any atom is -0.496 e. The molecular weight excluding hydrogens is 440 g/mol. The van der Waals surface area contributed by atoms with Crippen LogP contribution in [-0.4, -0.2) is 26.0 Å². The normalized spacial score (nSPS) is 13.6. The zero-order chi connectivity index (χ0) is 24.2. The van der Waals surface area contributed by atoms with Crippen molar-refractivity contribution in [3.8, 4) is 17.2 Å². The van der Waals surface area contributed by atoms with Gasteiger partial charge in [0.25, 0.3) is 0 Å². The van der Waals surface area contributed by atoms with E-state index in [9.17, 15) is 13.6 Å². The zero-order valence-electron chi connectivity index (χ0n) is 19.2. The summed E-state index contributed by atoms with van der Waals surface area (Å²) in [7, 11) is 1.58. The van der Waals surface area contributed by atoms with Crippen LogP contribution in [0.15, 0.2) is 60.4 Å². The lowest BCUT2D eigenvalue weighted by Gasteiger charge is -2.22. The van der Waals surface area contributed by atoms with Crippen LogP contribution in [0.25, 0.3) is 6.08 Å². The summed E-state index contributed by atoms with van der Waals surface area (Å²) < 4.78 is 44.2. The number of nitrogens with zero attached hydrogens (tertiary/aromatic N) is 1. The fourth-order valence-electron chi connectivity index (χ4n) is 3.82. The molecule has 1 aliphatic heterocycles. The summed E-state index contributed by atoms with van der Waals surface area (Å²) in [4.78, 5) is 15.1. The minimum absolute atomic E-state index is 0.0957. The summed E-state index contributed by atoms with van der Waals surface area (Å²) in [6.45, 7) is 5.75. The molecule has 0 fully saturated rings. The third kappa shape index (κ3) is 4.73. The average molecular weight is 465 g/mol. The number of hydrogen-bond donors (Lipinski definition) is 0. The highest BCUT2D eigenvalue weighted by molar-refractivity contribution is 6.14. The third-order valence-corrected chi connectivity index (χ3v) is 5.68. The second kappa shape index (κ2) is 9.95. The van der Waals surface area contributed by atoms with Crippen molar-refractivity contribution in [1.82, 2.24) is 0 Å². The average Bonchev–Trinajstić information content (AvgIpc) is 3.15. The number of halogens is 2. The second-order valence-corrected chi connectivity index (χ2v) is 7.72. The molecule has 0 amide bonds. The lowest BCUT2D eigenvalue weighted by molar-refractivity contribution is 0.101. The summed E-state index contributed by atoms with van der Waals surface area (Å²) in [5.41, 5.74) is 2.24. The molecule has 1 heterocycles. The molecule has 0 atom stereocenters. The van der Waals surface area contributed by atoms with Gasteiger partial charge >= 0.3 is 0 Å². The van der Waals surface area contributed by atoms with Crippen LogP contribution in [0.4, 0.5) is 14.5 Å². The van der Waals surface area contributed by atoms with E-state index >= 15 is 0 Å². The monoisotopic (exact) mass is 465 g/mol. The molecule has 7 heteroatoms. The number of methoxy groups -OCH3 is 1. The van der Waals surface area contributed by atoms with Crippen molar-refractivity contribution in [2.24, 2.45) is 0 Å². The van der Waals surface area contributed by atoms with Crippen LogP contribution < -0.4 is 19.1 Å². The molecule has 5 nitrogen and oxygen atoms in total. The first-order chi connectivity index (χ1) is 16.4. The third-order valence-electron chi connectivity index (χ3n) is 5.68. The molecule has 3 aromatic rings. The van der Waals surface area contributed by atoms with Gasteiger partial charge in [0.05, 0.1) is 12.7 Å². The Kier molecular flexibility index (Phi) is 6.82. The predicted octanol–water partition coefficient (Wildman–Crippen LogP) is 6.01. The van der Waals surface area contributed by atoms with Crippen molar-refractivity contribution >= 4 is 17.5 Å². The number of ketones is 1. The standard InChI is InChI=1S/C27H25F2NO4/c1-4-30(5-2)20-8-6-17(24(14-20)32-3)13-26-27(31)22-10-9-21(15-25(22)34-26)33-16-18-12-19(28)7-11-23(18)29/h6-15H,4-5,16H2,1-3H3/b26-13-. The Balaban J connectivity index is 1.54. The number of hydrogen-bond acceptors (Lipinski definition) is 5. The second-order valence-electron chi connectivity index (χ2n) is 7.72. The van der Waals surface area contributed by atoms with E-state index in [1.54, 1.807) is 31.4 Å². The first-order valence-corrected chi connectivity index (χ1v) is 11.0. The van der Waals surface area contributed by atoms with Gasteiger partial charge in [-0.1, -0.05) is 0 Å². The number of carbonyl (C=O) groups excluding carboxylic acids is 1. The first kappa shape index (κ1) is 23.3. The van der Waals surface area contributed by atoms with Gasteiger partial charge in [0, 0.05) is 42.0 Å². The van der Waals surface area contributed by atoms with E-state index in [4.69, 9.17) is 14.2 Å². The van der Waals surface area contributed by atoms with Crippen molar-refractivity contribution in [1.29, 1.82) is 0 Å². The minimum atomic E-state index is -0.555. The van der Waals surface area contributed by atoms with Gasteiger partial charge in [-0.2, -0.15) is 0 Å². The molecular formula is C27H25F2NO4. The van der Waals surface area contributed by atoms with Crippen LogP contribution in [0.2, 0.25) is 0 Å². The molecule has 176 valence electrons. The summed E-state index contributed by atoms with van der Waals surface area (Å²) in [6, 6.07) is 13.7. The molecule has 0 N–H and O–H groups in total. The molecule has 0 radical (unpaired) electrons. The van der Waals surface area contributed by atoms with Gasteiger partial charge in [-0.25, -0.2) is 8.78 Å². The van der Waals surface area contributed by atoms with E-state index in [1.807, 2.05) is 18.2 Å². The quantitative estimate of drug-likeness (QED) is 0.381. The summed E-state index contributed by atoms with van der Waals surface area (Å²) >= 11 is 0. The summed E-state index contributed by atoms with van der Waals surface area (Å²) in [5, 5.41) is 0.